The number of halogens is 1. The van der Waals surface area contributed by atoms with Crippen LogP contribution in [0.25, 0.3) is 6.08 Å². The molecule has 1 aromatic carbocycles. The Morgan fingerprint density at radius 2 is 2.23 bits per heavy atom. The van der Waals surface area contributed by atoms with Gasteiger partial charge in [0.15, 0.2) is 16.7 Å². The van der Waals surface area contributed by atoms with Crippen LogP contribution in [-0.4, -0.2) is 41.8 Å². The van der Waals surface area contributed by atoms with Gasteiger partial charge in [-0.1, -0.05) is 22.9 Å². The molecule has 1 aliphatic heterocycles. The standard InChI is InChI=1S/C15H17BrN2O3S/c1-4-5-17-15-18(2)14(20)13(22-15)7-9-6-12(21-3)11(19)8-10(9)16/h6-8,19H,4-5H2,1-3H3/b13-7-,17-15?. The van der Waals surface area contributed by atoms with Crippen molar-refractivity contribution in [2.24, 2.45) is 4.99 Å². The molecule has 0 atom stereocenters. The number of aliphatic imine (C=N–C) groups is 1. The maximum Gasteiger partial charge on any atom is 0.266 e. The third-order valence-electron chi connectivity index (χ3n) is 3.06. The van der Waals surface area contributed by atoms with Crippen LogP contribution in [0.1, 0.15) is 18.9 Å². The Labute approximate surface area is 142 Å². The lowest BCUT2D eigenvalue weighted by atomic mass is 10.2. The van der Waals surface area contributed by atoms with Gasteiger partial charge in [0.25, 0.3) is 5.91 Å². The van der Waals surface area contributed by atoms with Gasteiger partial charge in [0.1, 0.15) is 0 Å². The van der Waals surface area contributed by atoms with Crippen molar-refractivity contribution in [1.82, 2.24) is 4.90 Å². The number of methoxy groups -OCH3 is 1. The summed E-state index contributed by atoms with van der Waals surface area (Å²) in [7, 11) is 3.20. The second kappa shape index (κ2) is 7.19. The Morgan fingerprint density at radius 1 is 1.50 bits per heavy atom. The van der Waals surface area contributed by atoms with E-state index in [1.807, 2.05) is 6.92 Å². The van der Waals surface area contributed by atoms with Crippen molar-refractivity contribution in [2.45, 2.75) is 13.3 Å². The highest BCUT2D eigenvalue weighted by Gasteiger charge is 2.30. The van der Waals surface area contributed by atoms with Crippen molar-refractivity contribution >= 4 is 44.8 Å². The van der Waals surface area contributed by atoms with Crippen LogP contribution >= 0.6 is 27.7 Å². The normalized spacial score (nSPS) is 18.5. The first-order valence-electron chi connectivity index (χ1n) is 6.76. The van der Waals surface area contributed by atoms with E-state index in [-0.39, 0.29) is 11.7 Å². The Hall–Kier alpha value is -1.47. The molecular weight excluding hydrogens is 368 g/mol. The molecule has 1 saturated heterocycles. The molecule has 0 aromatic heterocycles. The summed E-state index contributed by atoms with van der Waals surface area (Å²) in [5.41, 5.74) is 0.760. The number of ether oxygens (including phenoxy) is 1. The number of thioether (sulfide) groups is 1. The fraction of sp³-hybridized carbons (Fsp3) is 0.333. The molecule has 0 bridgehead atoms. The van der Waals surface area contributed by atoms with Crippen LogP contribution in [0, 0.1) is 0 Å². The first kappa shape index (κ1) is 16.9. The second-order valence-corrected chi connectivity index (χ2v) is 6.55. The van der Waals surface area contributed by atoms with Gasteiger partial charge < -0.3 is 9.84 Å². The number of rotatable bonds is 4. The van der Waals surface area contributed by atoms with Crippen molar-refractivity contribution in [3.8, 4) is 11.5 Å². The maximum absolute atomic E-state index is 12.3. The van der Waals surface area contributed by atoms with Gasteiger partial charge in [0.05, 0.1) is 12.0 Å². The molecule has 1 N–H and O–H groups in total. The van der Waals surface area contributed by atoms with E-state index in [1.165, 1.54) is 18.9 Å². The molecule has 5 nitrogen and oxygen atoms in total. The van der Waals surface area contributed by atoms with Crippen molar-refractivity contribution in [2.75, 3.05) is 20.7 Å². The van der Waals surface area contributed by atoms with Gasteiger partial charge in [-0.15, -0.1) is 0 Å². The lowest BCUT2D eigenvalue weighted by molar-refractivity contribution is -0.121. The van der Waals surface area contributed by atoms with Gasteiger partial charge in [-0.25, -0.2) is 0 Å². The Balaban J connectivity index is 2.36. The molecule has 118 valence electrons. The average Bonchev–Trinajstić information content (AvgIpc) is 2.76. The molecule has 22 heavy (non-hydrogen) atoms. The Morgan fingerprint density at radius 3 is 2.86 bits per heavy atom. The number of hydrogen-bond donors (Lipinski definition) is 1. The zero-order valence-corrected chi connectivity index (χ0v) is 15.0. The fourth-order valence-electron chi connectivity index (χ4n) is 1.87. The zero-order chi connectivity index (χ0) is 16.3. The van der Waals surface area contributed by atoms with Gasteiger partial charge in [-0.05, 0) is 42.0 Å². The van der Waals surface area contributed by atoms with Gasteiger partial charge >= 0.3 is 0 Å². The number of nitrogens with zero attached hydrogens (tertiary/aromatic N) is 2. The smallest absolute Gasteiger partial charge is 0.266 e. The van der Waals surface area contributed by atoms with Crippen LogP contribution < -0.4 is 4.74 Å². The van der Waals surface area contributed by atoms with Crippen LogP contribution in [0.15, 0.2) is 26.5 Å². The molecule has 1 aliphatic rings. The molecule has 0 aliphatic carbocycles. The van der Waals surface area contributed by atoms with Crippen LogP contribution in [-0.2, 0) is 4.79 Å². The zero-order valence-electron chi connectivity index (χ0n) is 12.6. The van der Waals surface area contributed by atoms with E-state index in [2.05, 4.69) is 20.9 Å². The predicted octanol–water partition coefficient (Wildman–Crippen LogP) is 3.48. The molecule has 0 saturated carbocycles. The van der Waals surface area contributed by atoms with E-state index in [4.69, 9.17) is 4.74 Å². The topological polar surface area (TPSA) is 62.1 Å². The maximum atomic E-state index is 12.3. The Kier molecular flexibility index (Phi) is 5.52. The number of amidine groups is 1. The number of benzene rings is 1. The summed E-state index contributed by atoms with van der Waals surface area (Å²) in [6, 6.07) is 3.23. The third kappa shape index (κ3) is 3.47. The van der Waals surface area contributed by atoms with Crippen LogP contribution in [0.3, 0.4) is 0 Å². The van der Waals surface area contributed by atoms with Crippen LogP contribution in [0.4, 0.5) is 0 Å². The minimum absolute atomic E-state index is 0.0456. The molecule has 0 unspecified atom stereocenters. The molecule has 1 amide bonds. The fourth-order valence-corrected chi connectivity index (χ4v) is 3.30. The van der Waals surface area contributed by atoms with Gasteiger partial charge in [0.2, 0.25) is 0 Å². The largest absolute Gasteiger partial charge is 0.504 e. The predicted molar refractivity (Wildman–Crippen MR) is 93.3 cm³/mol. The summed E-state index contributed by atoms with van der Waals surface area (Å²) < 4.78 is 5.79. The number of likely N-dealkylation sites (N-methyl/N-ethyl adjacent to an activating group) is 1. The van der Waals surface area contributed by atoms with Crippen LogP contribution in [0.5, 0.6) is 11.5 Å². The van der Waals surface area contributed by atoms with Gasteiger partial charge in [-0.2, -0.15) is 0 Å². The first-order valence-corrected chi connectivity index (χ1v) is 8.37. The summed E-state index contributed by atoms with van der Waals surface area (Å²) in [6.45, 7) is 2.74. The van der Waals surface area contributed by atoms with E-state index >= 15 is 0 Å². The van der Waals surface area contributed by atoms with E-state index < -0.39 is 0 Å². The summed E-state index contributed by atoms with van der Waals surface area (Å²) in [4.78, 5) is 18.8. The number of phenols is 1. The summed E-state index contributed by atoms with van der Waals surface area (Å²) in [5, 5.41) is 10.4. The number of carbonyl (C=O) groups excluding carboxylic acids is 1. The lowest BCUT2D eigenvalue weighted by Gasteiger charge is -2.07. The second-order valence-electron chi connectivity index (χ2n) is 4.68. The SMILES string of the molecule is CCCN=C1S/C(=C\c2cc(OC)c(O)cc2Br)C(=O)N1C. The number of amides is 1. The van der Waals surface area contributed by atoms with Crippen LogP contribution in [0.2, 0.25) is 0 Å². The average molecular weight is 385 g/mol. The molecule has 7 heteroatoms. The molecule has 0 spiro atoms. The number of aromatic hydroxyl groups is 1. The minimum atomic E-state index is -0.0844. The molecule has 1 aromatic rings. The van der Waals surface area contributed by atoms with E-state index in [0.29, 0.717) is 26.8 Å². The highest BCUT2D eigenvalue weighted by molar-refractivity contribution is 9.10. The molecule has 0 radical (unpaired) electrons. The first-order chi connectivity index (χ1) is 10.5. The summed E-state index contributed by atoms with van der Waals surface area (Å²) in [5.74, 6) is 0.321. The number of hydrogen-bond acceptors (Lipinski definition) is 5. The molecule has 2 rings (SSSR count). The number of carbonyl (C=O) groups is 1. The van der Waals surface area contributed by atoms with Crippen molar-refractivity contribution in [3.63, 3.8) is 0 Å². The quantitative estimate of drug-likeness (QED) is 0.807. The summed E-state index contributed by atoms with van der Waals surface area (Å²) >= 11 is 4.74. The Bertz CT molecular complexity index is 658. The van der Waals surface area contributed by atoms with Crippen molar-refractivity contribution in [1.29, 1.82) is 0 Å². The molecular formula is C15H17BrN2O3S. The van der Waals surface area contributed by atoms with E-state index in [0.717, 1.165) is 12.0 Å². The van der Waals surface area contributed by atoms with Gasteiger partial charge in [0, 0.05) is 18.1 Å². The number of phenolic OH excluding ortho intramolecular Hbond substituents is 1. The van der Waals surface area contributed by atoms with E-state index in [1.54, 1.807) is 30.2 Å². The molecule has 1 heterocycles. The highest BCUT2D eigenvalue weighted by atomic mass is 79.9. The summed E-state index contributed by atoms with van der Waals surface area (Å²) in [6.07, 6.45) is 2.70. The third-order valence-corrected chi connectivity index (χ3v) is 4.84. The van der Waals surface area contributed by atoms with Gasteiger partial charge in [-0.3, -0.25) is 14.7 Å². The van der Waals surface area contributed by atoms with E-state index in [9.17, 15) is 9.90 Å². The van der Waals surface area contributed by atoms with Crippen molar-refractivity contribution < 1.29 is 14.6 Å². The minimum Gasteiger partial charge on any atom is -0.504 e. The highest BCUT2D eigenvalue weighted by Crippen LogP contribution is 2.37. The van der Waals surface area contributed by atoms with Crippen molar-refractivity contribution in [3.05, 3.63) is 27.1 Å². The monoisotopic (exact) mass is 384 g/mol. The molecule has 1 fully saturated rings. The lowest BCUT2D eigenvalue weighted by Crippen LogP contribution is -2.24.